The minimum atomic E-state index is -0.548. The fourth-order valence-corrected chi connectivity index (χ4v) is 6.87. The number of benzene rings is 1. The van der Waals surface area contributed by atoms with Crippen molar-refractivity contribution in [2.75, 3.05) is 0 Å². The van der Waals surface area contributed by atoms with Gasteiger partial charge in [0.15, 0.2) is 0 Å². The Labute approximate surface area is 191 Å². The highest BCUT2D eigenvalue weighted by Gasteiger charge is 2.43. The minimum Gasteiger partial charge on any atom is -0.426 e. The van der Waals surface area contributed by atoms with E-state index in [1.165, 1.54) is 63.5 Å². The summed E-state index contributed by atoms with van der Waals surface area (Å²) in [7, 11) is 0. The highest BCUT2D eigenvalue weighted by Crippen LogP contribution is 2.50. The average molecular weight is 447 g/mol. The van der Waals surface area contributed by atoms with Crippen molar-refractivity contribution in [3.63, 3.8) is 0 Å². The lowest BCUT2D eigenvalue weighted by Gasteiger charge is -2.46. The van der Waals surface area contributed by atoms with Crippen LogP contribution in [0.2, 0.25) is 5.02 Å². The summed E-state index contributed by atoms with van der Waals surface area (Å²) in [6, 6.07) is 4.23. The second-order valence-corrected chi connectivity index (χ2v) is 10.6. The van der Waals surface area contributed by atoms with Crippen LogP contribution in [0.5, 0.6) is 5.75 Å². The number of ether oxygens (including phenoxy) is 1. The first kappa shape index (κ1) is 22.8. The zero-order valence-electron chi connectivity index (χ0n) is 18.5. The molecule has 0 heterocycles. The van der Waals surface area contributed by atoms with Crippen molar-refractivity contribution in [2.45, 2.75) is 77.0 Å². The third kappa shape index (κ3) is 5.53. The molecule has 3 fully saturated rings. The van der Waals surface area contributed by atoms with Gasteiger partial charge in [0.25, 0.3) is 0 Å². The first-order valence-electron chi connectivity index (χ1n) is 12.3. The maximum atomic E-state index is 13.7. The van der Waals surface area contributed by atoms with Crippen molar-refractivity contribution < 1.29 is 13.9 Å². The summed E-state index contributed by atoms with van der Waals surface area (Å²) in [5.74, 6) is 3.17. The summed E-state index contributed by atoms with van der Waals surface area (Å²) in [4.78, 5) is 12.9. The van der Waals surface area contributed by atoms with E-state index in [4.69, 9.17) is 16.3 Å². The first-order chi connectivity index (χ1) is 15.0. The topological polar surface area (TPSA) is 26.3 Å². The SMILES string of the molecule is C=CCCC1CCC(C2CCC3C(CCCC3C(=O)Oc3ccc(Cl)c(F)c3)C2)CC1. The van der Waals surface area contributed by atoms with Gasteiger partial charge in [-0.2, -0.15) is 0 Å². The maximum absolute atomic E-state index is 13.7. The molecule has 4 atom stereocenters. The molecule has 3 aliphatic carbocycles. The number of hydrogen-bond donors (Lipinski definition) is 0. The van der Waals surface area contributed by atoms with Gasteiger partial charge in [-0.3, -0.25) is 4.79 Å². The fraction of sp³-hybridized carbons (Fsp3) is 0.667. The zero-order valence-corrected chi connectivity index (χ0v) is 19.3. The molecule has 0 spiro atoms. The Kier molecular flexibility index (Phi) is 7.74. The number of carbonyl (C=O) groups is 1. The van der Waals surface area contributed by atoms with Crippen molar-refractivity contribution in [2.24, 2.45) is 35.5 Å². The van der Waals surface area contributed by atoms with Crippen molar-refractivity contribution >= 4 is 17.6 Å². The van der Waals surface area contributed by atoms with E-state index in [0.29, 0.717) is 11.8 Å². The standard InChI is InChI=1S/C27H36ClFO2/c1-2-3-5-18-8-10-19(11-9-18)20-12-14-23-21(16-20)6-4-7-24(23)27(30)31-22-13-15-25(28)26(29)17-22/h2,13,15,17-21,23-24H,1,3-12,14,16H2. The Hall–Kier alpha value is -1.35. The highest BCUT2D eigenvalue weighted by molar-refractivity contribution is 6.30. The highest BCUT2D eigenvalue weighted by atomic mass is 35.5. The third-order valence-corrected chi connectivity index (χ3v) is 8.74. The van der Waals surface area contributed by atoms with Gasteiger partial charge >= 0.3 is 5.97 Å². The molecule has 4 rings (SSSR count). The van der Waals surface area contributed by atoms with Crippen LogP contribution in [0.1, 0.15) is 77.0 Å². The van der Waals surface area contributed by atoms with Gasteiger partial charge in [-0.1, -0.05) is 43.4 Å². The Balaban J connectivity index is 1.31. The normalized spacial score (nSPS) is 33.4. The van der Waals surface area contributed by atoms with E-state index in [0.717, 1.165) is 43.4 Å². The summed E-state index contributed by atoms with van der Waals surface area (Å²) in [6.07, 6.45) is 17.0. The molecule has 3 saturated carbocycles. The maximum Gasteiger partial charge on any atom is 0.314 e. The summed E-state index contributed by atoms with van der Waals surface area (Å²) in [5, 5.41) is 0.0468. The van der Waals surface area contributed by atoms with Crippen LogP contribution in [-0.4, -0.2) is 5.97 Å². The van der Waals surface area contributed by atoms with Crippen LogP contribution in [0, 0.1) is 41.3 Å². The molecule has 4 heteroatoms. The average Bonchev–Trinajstić information content (AvgIpc) is 2.79. The Bertz CT molecular complexity index is 770. The second kappa shape index (κ2) is 10.5. The molecule has 3 aliphatic rings. The zero-order chi connectivity index (χ0) is 21.8. The molecule has 1 aromatic rings. The molecule has 0 N–H and O–H groups in total. The molecule has 0 aliphatic heterocycles. The lowest BCUT2D eigenvalue weighted by molar-refractivity contribution is -0.144. The molecule has 4 unspecified atom stereocenters. The third-order valence-electron chi connectivity index (χ3n) is 8.44. The van der Waals surface area contributed by atoms with E-state index in [1.807, 2.05) is 0 Å². The number of carbonyl (C=O) groups excluding carboxylic acids is 1. The summed E-state index contributed by atoms with van der Waals surface area (Å²) in [6.45, 7) is 3.87. The van der Waals surface area contributed by atoms with Crippen molar-refractivity contribution in [3.8, 4) is 5.75 Å². The molecular formula is C27H36ClFO2. The number of esters is 1. The number of rotatable bonds is 6. The molecule has 31 heavy (non-hydrogen) atoms. The monoisotopic (exact) mass is 446 g/mol. The Morgan fingerprint density at radius 3 is 2.58 bits per heavy atom. The molecule has 0 radical (unpaired) electrons. The Morgan fingerprint density at radius 1 is 1.06 bits per heavy atom. The van der Waals surface area contributed by atoms with E-state index in [2.05, 4.69) is 12.7 Å². The van der Waals surface area contributed by atoms with E-state index in [9.17, 15) is 9.18 Å². The number of allylic oxidation sites excluding steroid dienone is 1. The van der Waals surface area contributed by atoms with Crippen LogP contribution >= 0.6 is 11.6 Å². The number of hydrogen-bond acceptors (Lipinski definition) is 2. The van der Waals surface area contributed by atoms with E-state index >= 15 is 0 Å². The van der Waals surface area contributed by atoms with E-state index < -0.39 is 5.82 Å². The summed E-state index contributed by atoms with van der Waals surface area (Å²) >= 11 is 5.75. The fourth-order valence-electron chi connectivity index (χ4n) is 6.75. The largest absolute Gasteiger partial charge is 0.426 e. The van der Waals surface area contributed by atoms with Crippen molar-refractivity contribution in [3.05, 3.63) is 41.7 Å². The molecule has 170 valence electrons. The summed E-state index contributed by atoms with van der Waals surface area (Å²) < 4.78 is 19.3. The van der Waals surface area contributed by atoms with Crippen LogP contribution in [0.25, 0.3) is 0 Å². The predicted octanol–water partition coefficient (Wildman–Crippen LogP) is 7.99. The van der Waals surface area contributed by atoms with Gasteiger partial charge < -0.3 is 4.74 Å². The smallest absolute Gasteiger partial charge is 0.314 e. The number of halogens is 2. The van der Waals surface area contributed by atoms with Gasteiger partial charge in [-0.15, -0.1) is 6.58 Å². The van der Waals surface area contributed by atoms with Crippen molar-refractivity contribution in [1.82, 2.24) is 0 Å². The molecule has 0 saturated heterocycles. The van der Waals surface area contributed by atoms with Gasteiger partial charge in [0, 0.05) is 6.07 Å². The predicted molar refractivity (Wildman–Crippen MR) is 124 cm³/mol. The van der Waals surface area contributed by atoms with Gasteiger partial charge in [-0.25, -0.2) is 4.39 Å². The van der Waals surface area contributed by atoms with Gasteiger partial charge in [0.05, 0.1) is 10.9 Å². The van der Waals surface area contributed by atoms with E-state index in [1.54, 1.807) is 6.07 Å². The molecule has 2 nitrogen and oxygen atoms in total. The van der Waals surface area contributed by atoms with Crippen molar-refractivity contribution in [1.29, 1.82) is 0 Å². The first-order valence-corrected chi connectivity index (χ1v) is 12.7. The lowest BCUT2D eigenvalue weighted by Crippen LogP contribution is -2.40. The quantitative estimate of drug-likeness (QED) is 0.251. The minimum absolute atomic E-state index is 0.0468. The molecule has 1 aromatic carbocycles. The molecular weight excluding hydrogens is 411 g/mol. The van der Waals surface area contributed by atoms with Crippen LogP contribution < -0.4 is 4.74 Å². The van der Waals surface area contributed by atoms with Crippen LogP contribution in [-0.2, 0) is 4.79 Å². The number of fused-ring (bicyclic) bond motifs is 1. The van der Waals surface area contributed by atoms with E-state index in [-0.39, 0.29) is 22.7 Å². The Morgan fingerprint density at radius 2 is 1.84 bits per heavy atom. The molecule has 0 aromatic heterocycles. The molecule has 0 bridgehead atoms. The van der Waals surface area contributed by atoms with Crippen LogP contribution in [0.4, 0.5) is 4.39 Å². The van der Waals surface area contributed by atoms with Crippen LogP contribution in [0.3, 0.4) is 0 Å². The summed E-state index contributed by atoms with van der Waals surface area (Å²) in [5.41, 5.74) is 0. The van der Waals surface area contributed by atoms with Gasteiger partial charge in [0.1, 0.15) is 11.6 Å². The molecule has 0 amide bonds. The van der Waals surface area contributed by atoms with Gasteiger partial charge in [-0.05, 0) is 93.1 Å². The second-order valence-electron chi connectivity index (χ2n) is 10.2. The lowest BCUT2D eigenvalue weighted by atomic mass is 9.59. The van der Waals surface area contributed by atoms with Gasteiger partial charge in [0.2, 0.25) is 0 Å². The van der Waals surface area contributed by atoms with Crippen LogP contribution in [0.15, 0.2) is 30.9 Å².